The van der Waals surface area contributed by atoms with Crippen molar-refractivity contribution < 1.29 is 22.7 Å². The van der Waals surface area contributed by atoms with Crippen LogP contribution in [0.4, 0.5) is 5.69 Å². The maximum Gasteiger partial charge on any atom is 0.253 e. The van der Waals surface area contributed by atoms with Gasteiger partial charge in [-0.15, -0.1) is 0 Å². The fourth-order valence-electron chi connectivity index (χ4n) is 3.64. The van der Waals surface area contributed by atoms with E-state index in [2.05, 4.69) is 10.6 Å². The Kier molecular flexibility index (Phi) is 7.52. The van der Waals surface area contributed by atoms with Gasteiger partial charge in [0.05, 0.1) is 29.2 Å². The number of para-hydroxylation sites is 1. The van der Waals surface area contributed by atoms with Crippen LogP contribution in [0.2, 0.25) is 0 Å². The Hall–Kier alpha value is -2.91. The van der Waals surface area contributed by atoms with Crippen LogP contribution in [0.25, 0.3) is 0 Å². The van der Waals surface area contributed by atoms with Crippen LogP contribution in [-0.2, 0) is 14.8 Å². The summed E-state index contributed by atoms with van der Waals surface area (Å²) in [5, 5.41) is 5.64. The summed E-state index contributed by atoms with van der Waals surface area (Å²) >= 11 is 0. The Bertz CT molecular complexity index is 1070. The second-order valence-electron chi connectivity index (χ2n) is 8.04. The van der Waals surface area contributed by atoms with Gasteiger partial charge in [-0.1, -0.05) is 12.1 Å². The Labute approximate surface area is 189 Å². The molecular formula is C23H29N3O5S. The normalized spacial score (nSPS) is 17.1. The number of hydrogen-bond acceptors (Lipinski definition) is 5. The number of carbonyl (C=O) groups excluding carboxylic acids is 2. The molecule has 1 aliphatic rings. The van der Waals surface area contributed by atoms with Crippen molar-refractivity contribution >= 4 is 27.5 Å². The summed E-state index contributed by atoms with van der Waals surface area (Å²) in [4.78, 5) is 25.6. The number of methoxy groups -OCH3 is 1. The highest BCUT2D eigenvalue weighted by atomic mass is 32.2. The summed E-state index contributed by atoms with van der Waals surface area (Å²) in [6.45, 7) is 4.16. The summed E-state index contributed by atoms with van der Waals surface area (Å²) in [7, 11) is -2.21. The number of amides is 2. The molecule has 1 atom stereocenters. The maximum absolute atomic E-state index is 13.1. The summed E-state index contributed by atoms with van der Waals surface area (Å²) in [5.41, 5.74) is 0.777. The van der Waals surface area contributed by atoms with Gasteiger partial charge in [0.2, 0.25) is 15.9 Å². The monoisotopic (exact) mass is 459 g/mol. The molecule has 2 aromatic carbocycles. The average Bonchev–Trinajstić information content (AvgIpc) is 2.79. The number of anilines is 1. The standard InChI is InChI=1S/C23H29N3O5S/c1-16(2)24-23(28)20-8-4-5-9-21(20)25-22(27)17-7-6-14-26(15-17)32(29,30)19-12-10-18(31-3)11-13-19/h4-5,8-13,16-17H,6-7,14-15H2,1-3H3,(H,24,28)(H,25,27)/t17-/m1/s1. The molecule has 0 bridgehead atoms. The van der Waals surface area contributed by atoms with Crippen LogP contribution >= 0.6 is 0 Å². The Morgan fingerprint density at radius 3 is 2.44 bits per heavy atom. The van der Waals surface area contributed by atoms with Crippen molar-refractivity contribution in [1.29, 1.82) is 0 Å². The zero-order chi connectivity index (χ0) is 23.3. The highest BCUT2D eigenvalue weighted by Crippen LogP contribution is 2.26. The molecule has 2 amide bonds. The number of carbonyl (C=O) groups is 2. The molecule has 1 aliphatic heterocycles. The van der Waals surface area contributed by atoms with Gasteiger partial charge in [0.15, 0.2) is 0 Å². The molecule has 0 aliphatic carbocycles. The fraction of sp³-hybridized carbons (Fsp3) is 0.391. The zero-order valence-corrected chi connectivity index (χ0v) is 19.3. The second-order valence-corrected chi connectivity index (χ2v) is 9.98. The molecule has 32 heavy (non-hydrogen) atoms. The quantitative estimate of drug-likeness (QED) is 0.663. The highest BCUT2D eigenvalue weighted by Gasteiger charge is 2.33. The third kappa shape index (κ3) is 5.46. The minimum atomic E-state index is -3.73. The molecule has 172 valence electrons. The van der Waals surface area contributed by atoms with Gasteiger partial charge in [-0.3, -0.25) is 9.59 Å². The van der Waals surface area contributed by atoms with Crippen molar-refractivity contribution in [2.45, 2.75) is 37.6 Å². The minimum Gasteiger partial charge on any atom is -0.497 e. The molecule has 0 aromatic heterocycles. The fourth-order valence-corrected chi connectivity index (χ4v) is 5.16. The topological polar surface area (TPSA) is 105 Å². The first-order chi connectivity index (χ1) is 15.2. The number of sulfonamides is 1. The van der Waals surface area contributed by atoms with Crippen molar-refractivity contribution in [2.75, 3.05) is 25.5 Å². The van der Waals surface area contributed by atoms with Crippen molar-refractivity contribution in [3.8, 4) is 5.75 Å². The van der Waals surface area contributed by atoms with Gasteiger partial charge in [-0.25, -0.2) is 8.42 Å². The molecule has 0 radical (unpaired) electrons. The third-order valence-corrected chi connectivity index (χ3v) is 7.18. The first-order valence-electron chi connectivity index (χ1n) is 10.6. The smallest absolute Gasteiger partial charge is 0.253 e. The summed E-state index contributed by atoms with van der Waals surface area (Å²) < 4.78 is 32.6. The lowest BCUT2D eigenvalue weighted by Crippen LogP contribution is -2.43. The molecule has 0 saturated carbocycles. The number of nitrogens with one attached hydrogen (secondary N) is 2. The van der Waals surface area contributed by atoms with Gasteiger partial charge in [-0.05, 0) is 63.1 Å². The highest BCUT2D eigenvalue weighted by molar-refractivity contribution is 7.89. The number of hydrogen-bond donors (Lipinski definition) is 2. The van der Waals surface area contributed by atoms with E-state index < -0.39 is 15.9 Å². The van der Waals surface area contributed by atoms with E-state index in [1.807, 2.05) is 13.8 Å². The van der Waals surface area contributed by atoms with Gasteiger partial charge in [0, 0.05) is 19.1 Å². The van der Waals surface area contributed by atoms with Gasteiger partial charge < -0.3 is 15.4 Å². The average molecular weight is 460 g/mol. The molecule has 0 unspecified atom stereocenters. The minimum absolute atomic E-state index is 0.0404. The largest absolute Gasteiger partial charge is 0.497 e. The van der Waals surface area contributed by atoms with E-state index in [-0.39, 0.29) is 29.3 Å². The second kappa shape index (κ2) is 10.1. The van der Waals surface area contributed by atoms with Gasteiger partial charge in [0.25, 0.3) is 5.91 Å². The van der Waals surface area contributed by atoms with Gasteiger partial charge in [-0.2, -0.15) is 4.31 Å². The van der Waals surface area contributed by atoms with Crippen molar-refractivity contribution in [1.82, 2.24) is 9.62 Å². The molecule has 0 spiro atoms. The van der Waals surface area contributed by atoms with Crippen LogP contribution in [0.5, 0.6) is 5.75 Å². The van der Waals surface area contributed by atoms with E-state index in [1.165, 1.54) is 23.5 Å². The molecule has 9 heteroatoms. The third-order valence-electron chi connectivity index (χ3n) is 5.30. The van der Waals surface area contributed by atoms with E-state index in [9.17, 15) is 18.0 Å². The number of piperidine rings is 1. The number of benzene rings is 2. The summed E-state index contributed by atoms with van der Waals surface area (Å²) in [5.74, 6) is -0.523. The van der Waals surface area contributed by atoms with Crippen molar-refractivity contribution in [2.24, 2.45) is 5.92 Å². The van der Waals surface area contributed by atoms with E-state index in [4.69, 9.17) is 4.74 Å². The molecule has 8 nitrogen and oxygen atoms in total. The number of nitrogens with zero attached hydrogens (tertiary/aromatic N) is 1. The lowest BCUT2D eigenvalue weighted by molar-refractivity contribution is -0.120. The van der Waals surface area contributed by atoms with Crippen LogP contribution in [0.3, 0.4) is 0 Å². The SMILES string of the molecule is COc1ccc(S(=O)(=O)N2CCC[C@@H](C(=O)Nc3ccccc3C(=O)NC(C)C)C2)cc1. The van der Waals surface area contributed by atoms with Crippen molar-refractivity contribution in [3.05, 3.63) is 54.1 Å². The molecule has 1 fully saturated rings. The summed E-state index contributed by atoms with van der Waals surface area (Å²) in [6.07, 6.45) is 1.14. The molecule has 3 rings (SSSR count). The van der Waals surface area contributed by atoms with E-state index in [0.29, 0.717) is 36.4 Å². The molecular weight excluding hydrogens is 430 g/mol. The number of rotatable bonds is 7. The molecule has 1 heterocycles. The summed E-state index contributed by atoms with van der Waals surface area (Å²) in [6, 6.07) is 12.9. The van der Waals surface area contributed by atoms with E-state index in [0.717, 1.165) is 0 Å². The van der Waals surface area contributed by atoms with Crippen LogP contribution in [0, 0.1) is 5.92 Å². The Balaban J connectivity index is 1.73. The maximum atomic E-state index is 13.1. The van der Waals surface area contributed by atoms with Crippen LogP contribution in [0.1, 0.15) is 37.0 Å². The van der Waals surface area contributed by atoms with E-state index >= 15 is 0 Å². The first kappa shape index (κ1) is 23.7. The van der Waals surface area contributed by atoms with Crippen LogP contribution in [0.15, 0.2) is 53.4 Å². The van der Waals surface area contributed by atoms with Crippen LogP contribution in [-0.4, -0.2) is 50.8 Å². The number of ether oxygens (including phenoxy) is 1. The zero-order valence-electron chi connectivity index (χ0n) is 18.5. The van der Waals surface area contributed by atoms with Gasteiger partial charge in [0.1, 0.15) is 5.75 Å². The van der Waals surface area contributed by atoms with Gasteiger partial charge >= 0.3 is 0 Å². The Morgan fingerprint density at radius 1 is 1.09 bits per heavy atom. The molecule has 1 saturated heterocycles. The predicted molar refractivity (Wildman–Crippen MR) is 122 cm³/mol. The molecule has 2 N–H and O–H groups in total. The van der Waals surface area contributed by atoms with Crippen molar-refractivity contribution in [3.63, 3.8) is 0 Å². The lowest BCUT2D eigenvalue weighted by Gasteiger charge is -2.31. The lowest BCUT2D eigenvalue weighted by atomic mass is 9.98. The Morgan fingerprint density at radius 2 is 1.78 bits per heavy atom. The molecule has 2 aromatic rings. The first-order valence-corrected chi connectivity index (χ1v) is 12.0. The predicted octanol–water partition coefficient (Wildman–Crippen LogP) is 2.87. The van der Waals surface area contributed by atoms with Crippen LogP contribution < -0.4 is 15.4 Å². The van der Waals surface area contributed by atoms with E-state index in [1.54, 1.807) is 36.4 Å².